The molecule has 0 bridgehead atoms. The first-order valence-electron chi connectivity index (χ1n) is 7.05. The highest BCUT2D eigenvalue weighted by Gasteiger charge is 2.43. The number of carboxylic acids is 2. The molecule has 4 N–H and O–H groups in total. The second kappa shape index (κ2) is 8.14. The van der Waals surface area contributed by atoms with Crippen LogP contribution < -0.4 is 5.73 Å². The van der Waals surface area contributed by atoms with Gasteiger partial charge in [0, 0.05) is 12.8 Å². The van der Waals surface area contributed by atoms with E-state index >= 15 is 0 Å². The molecule has 8 heteroatoms. The van der Waals surface area contributed by atoms with E-state index in [1.165, 1.54) is 13.8 Å². The third-order valence-electron chi connectivity index (χ3n) is 4.04. The number of hydrogen-bond acceptors (Lipinski definition) is 5. The number of rotatable bonds is 10. The molecule has 0 fully saturated rings. The van der Waals surface area contributed by atoms with Gasteiger partial charge >= 0.3 is 11.9 Å². The fourth-order valence-electron chi connectivity index (χ4n) is 2.35. The van der Waals surface area contributed by atoms with Gasteiger partial charge in [-0.25, -0.2) is 0 Å². The molecule has 8 nitrogen and oxygen atoms in total. The highest BCUT2D eigenvalue weighted by Crippen LogP contribution is 2.41. The lowest BCUT2D eigenvalue weighted by molar-refractivity contribution is -0.139. The minimum Gasteiger partial charge on any atom is -0.481 e. The van der Waals surface area contributed by atoms with E-state index in [-0.39, 0.29) is 32.1 Å². The molecule has 0 aromatic heterocycles. The Bertz CT molecular complexity index is 562. The topological polar surface area (TPSA) is 165 Å². The third-order valence-corrected chi connectivity index (χ3v) is 4.04. The molecule has 0 aliphatic heterocycles. The number of nitriles is 2. The van der Waals surface area contributed by atoms with Crippen molar-refractivity contribution in [1.82, 2.24) is 0 Å². The van der Waals surface area contributed by atoms with E-state index in [4.69, 9.17) is 15.9 Å². The summed E-state index contributed by atoms with van der Waals surface area (Å²) in [5.41, 5.74) is 2.86. The Morgan fingerprint density at radius 2 is 1.52 bits per heavy atom. The Balaban J connectivity index is 5.41. The predicted octanol–water partition coefficient (Wildman–Crippen LogP) is 1.27. The van der Waals surface area contributed by atoms with E-state index in [1.54, 1.807) is 0 Å². The van der Waals surface area contributed by atoms with Crippen LogP contribution in [0.4, 0.5) is 0 Å². The van der Waals surface area contributed by atoms with Gasteiger partial charge in [-0.15, -0.1) is 0 Å². The number of nitrogens with zero attached hydrogens (tertiary/aromatic N) is 2. The van der Waals surface area contributed by atoms with Crippen LogP contribution in [0.3, 0.4) is 0 Å². The molecule has 3 atom stereocenters. The van der Waals surface area contributed by atoms with Crippen LogP contribution in [0.5, 0.6) is 0 Å². The Morgan fingerprint density at radius 1 is 1.04 bits per heavy atom. The largest absolute Gasteiger partial charge is 0.481 e. The van der Waals surface area contributed by atoms with Crippen molar-refractivity contribution < 1.29 is 24.6 Å². The summed E-state index contributed by atoms with van der Waals surface area (Å²) in [5.74, 6) is -4.04. The van der Waals surface area contributed by atoms with Gasteiger partial charge in [0.1, 0.15) is 0 Å². The third kappa shape index (κ3) is 6.35. The lowest BCUT2D eigenvalue weighted by atomic mass is 9.66. The number of carbonyl (C=O) groups excluding carboxylic acids is 1. The summed E-state index contributed by atoms with van der Waals surface area (Å²) in [5, 5.41) is 36.2. The molecule has 0 rings (SSSR count). The van der Waals surface area contributed by atoms with Crippen molar-refractivity contribution in [3.05, 3.63) is 0 Å². The van der Waals surface area contributed by atoms with E-state index in [2.05, 4.69) is 0 Å². The number of nitrogens with two attached hydrogens (primary N) is 1. The number of primary amides is 1. The summed E-state index contributed by atoms with van der Waals surface area (Å²) in [4.78, 5) is 33.2. The number of amides is 1. The lowest BCUT2D eigenvalue weighted by Crippen LogP contribution is -2.40. The van der Waals surface area contributed by atoms with Crippen molar-refractivity contribution in [2.75, 3.05) is 0 Å². The Hall–Kier alpha value is -2.61. The molecule has 0 radical (unpaired) electrons. The van der Waals surface area contributed by atoms with Crippen LogP contribution in [0.15, 0.2) is 0 Å². The number of aliphatic carboxylic acids is 2. The second-order valence-electron chi connectivity index (χ2n) is 6.15. The number of hydrogen-bond donors (Lipinski definition) is 3. The van der Waals surface area contributed by atoms with Crippen LogP contribution in [0.2, 0.25) is 0 Å². The van der Waals surface area contributed by atoms with E-state index in [0.717, 1.165) is 0 Å². The lowest BCUT2D eigenvalue weighted by Gasteiger charge is -2.33. The van der Waals surface area contributed by atoms with E-state index in [0.29, 0.717) is 0 Å². The van der Waals surface area contributed by atoms with Gasteiger partial charge in [-0.05, 0) is 33.1 Å². The van der Waals surface area contributed by atoms with E-state index in [1.807, 2.05) is 12.1 Å². The van der Waals surface area contributed by atoms with Gasteiger partial charge in [0.05, 0.1) is 28.9 Å². The van der Waals surface area contributed by atoms with Crippen molar-refractivity contribution in [2.45, 2.75) is 46.0 Å². The van der Waals surface area contributed by atoms with Gasteiger partial charge in [-0.3, -0.25) is 14.4 Å². The van der Waals surface area contributed by atoms with Crippen molar-refractivity contribution in [1.29, 1.82) is 10.5 Å². The molecule has 23 heavy (non-hydrogen) atoms. The highest BCUT2D eigenvalue weighted by atomic mass is 16.4. The molecule has 0 aliphatic rings. The minimum atomic E-state index is -1.34. The summed E-state index contributed by atoms with van der Waals surface area (Å²) < 4.78 is 0. The van der Waals surface area contributed by atoms with Gasteiger partial charge in [0.15, 0.2) is 0 Å². The van der Waals surface area contributed by atoms with Crippen LogP contribution >= 0.6 is 0 Å². The zero-order valence-corrected chi connectivity index (χ0v) is 13.2. The second-order valence-corrected chi connectivity index (χ2v) is 6.15. The molecular formula is C15H21N3O5. The normalized spacial score (nSPS) is 16.9. The molecule has 0 heterocycles. The maximum atomic E-state index is 11.8. The zero-order chi connectivity index (χ0) is 18.3. The predicted molar refractivity (Wildman–Crippen MR) is 78.5 cm³/mol. The van der Waals surface area contributed by atoms with Crippen molar-refractivity contribution in [3.63, 3.8) is 0 Å². The molecule has 0 saturated carbocycles. The quantitative estimate of drug-likeness (QED) is 0.544. The summed E-state index contributed by atoms with van der Waals surface area (Å²) in [6.45, 7) is 2.93. The molecule has 0 saturated heterocycles. The fraction of sp³-hybridized carbons (Fsp3) is 0.667. The van der Waals surface area contributed by atoms with Crippen molar-refractivity contribution >= 4 is 17.8 Å². The molecule has 0 aromatic carbocycles. The molecule has 0 aliphatic carbocycles. The van der Waals surface area contributed by atoms with Crippen LogP contribution in [0, 0.1) is 39.4 Å². The first-order chi connectivity index (χ1) is 10.5. The van der Waals surface area contributed by atoms with E-state index in [9.17, 15) is 24.9 Å². The van der Waals surface area contributed by atoms with Gasteiger partial charge in [-0.1, -0.05) is 0 Å². The monoisotopic (exact) mass is 323 g/mol. The van der Waals surface area contributed by atoms with Gasteiger partial charge in [-0.2, -0.15) is 10.5 Å². The molecular weight excluding hydrogens is 302 g/mol. The molecule has 0 spiro atoms. The summed E-state index contributed by atoms with van der Waals surface area (Å²) in [6, 6.07) is 3.92. The maximum absolute atomic E-state index is 11.8. The number of carboxylic acid groups (broad SMARTS) is 2. The average molecular weight is 323 g/mol. The molecule has 1 amide bonds. The molecule has 3 unspecified atom stereocenters. The van der Waals surface area contributed by atoms with Gasteiger partial charge in [0.25, 0.3) is 0 Å². The van der Waals surface area contributed by atoms with Gasteiger partial charge < -0.3 is 15.9 Å². The summed E-state index contributed by atoms with van der Waals surface area (Å²) in [7, 11) is 0. The van der Waals surface area contributed by atoms with Crippen molar-refractivity contribution in [2.24, 2.45) is 22.5 Å². The highest BCUT2D eigenvalue weighted by molar-refractivity contribution is 5.78. The zero-order valence-electron chi connectivity index (χ0n) is 13.2. The van der Waals surface area contributed by atoms with E-state index < -0.39 is 34.6 Å². The summed E-state index contributed by atoms with van der Waals surface area (Å²) in [6.07, 6.45) is -0.758. The standard InChI is InChI=1S/C15H21N3O5/c1-14(8-16,5-3-11(19)20)7-10(13(18)23)15(2,9-17)6-4-12(21)22/h10H,3-7H2,1-2H3,(H2,18,23)(H,19,20)(H,21,22). The van der Waals surface area contributed by atoms with Crippen LogP contribution in [0.25, 0.3) is 0 Å². The van der Waals surface area contributed by atoms with Crippen LogP contribution in [0.1, 0.15) is 46.0 Å². The Kier molecular flexibility index (Phi) is 7.21. The van der Waals surface area contributed by atoms with Crippen LogP contribution in [-0.2, 0) is 14.4 Å². The average Bonchev–Trinajstić information content (AvgIpc) is 2.48. The molecule has 0 aromatic rings. The number of carbonyl (C=O) groups is 3. The first kappa shape index (κ1) is 20.4. The minimum absolute atomic E-state index is 0.00303. The van der Waals surface area contributed by atoms with Crippen LogP contribution in [-0.4, -0.2) is 28.1 Å². The molecule has 126 valence electrons. The maximum Gasteiger partial charge on any atom is 0.303 e. The fourth-order valence-corrected chi connectivity index (χ4v) is 2.35. The Morgan fingerprint density at radius 3 is 1.87 bits per heavy atom. The Labute approximate surface area is 134 Å². The SMILES string of the molecule is CC(C#N)(CCC(=O)O)CC(C(N)=O)C(C)(C#N)CCC(=O)O. The van der Waals surface area contributed by atoms with Gasteiger partial charge in [0.2, 0.25) is 5.91 Å². The van der Waals surface area contributed by atoms with Crippen molar-refractivity contribution in [3.8, 4) is 12.1 Å². The first-order valence-corrected chi connectivity index (χ1v) is 7.05. The summed E-state index contributed by atoms with van der Waals surface area (Å²) >= 11 is 0. The smallest absolute Gasteiger partial charge is 0.303 e.